The highest BCUT2D eigenvalue weighted by Gasteiger charge is 2.19. The third-order valence-electron chi connectivity index (χ3n) is 2.17. The van der Waals surface area contributed by atoms with Gasteiger partial charge in [-0.25, -0.2) is 8.42 Å². The van der Waals surface area contributed by atoms with Crippen molar-refractivity contribution in [2.24, 2.45) is 0 Å². The fraction of sp³-hybridized carbons (Fsp3) is 0.600. The molecule has 0 aliphatic heterocycles. The molecule has 3 nitrogen and oxygen atoms in total. The summed E-state index contributed by atoms with van der Waals surface area (Å²) in [5, 5.41) is 3.96. The molecule has 5 heteroatoms. The maximum Gasteiger partial charge on any atom is 0.214 e. The van der Waals surface area contributed by atoms with Gasteiger partial charge in [-0.1, -0.05) is 6.92 Å². The first-order valence-electron chi connectivity index (χ1n) is 5.09. The minimum atomic E-state index is -3.06. The first-order valence-corrected chi connectivity index (χ1v) is 7.64. The van der Waals surface area contributed by atoms with Crippen LogP contribution in [0.4, 0.5) is 0 Å². The molecule has 0 fully saturated rings. The van der Waals surface area contributed by atoms with Gasteiger partial charge in [-0.05, 0) is 35.7 Å². The van der Waals surface area contributed by atoms with Gasteiger partial charge in [0.1, 0.15) is 0 Å². The van der Waals surface area contributed by atoms with Crippen LogP contribution in [-0.4, -0.2) is 25.0 Å². The van der Waals surface area contributed by atoms with Crippen molar-refractivity contribution in [3.8, 4) is 0 Å². The van der Waals surface area contributed by atoms with E-state index in [0.29, 0.717) is 13.1 Å². The molecule has 15 heavy (non-hydrogen) atoms. The highest BCUT2D eigenvalue weighted by Crippen LogP contribution is 2.13. The average molecular weight is 247 g/mol. The van der Waals surface area contributed by atoms with E-state index < -0.39 is 10.0 Å². The number of thiophene rings is 1. The van der Waals surface area contributed by atoms with Crippen molar-refractivity contribution in [3.05, 3.63) is 22.4 Å². The maximum absolute atomic E-state index is 11.7. The number of nitrogens with zero attached hydrogens (tertiary/aromatic N) is 1. The lowest BCUT2D eigenvalue weighted by molar-refractivity contribution is 0.407. The first kappa shape index (κ1) is 12.7. The quantitative estimate of drug-likeness (QED) is 0.773. The van der Waals surface area contributed by atoms with Gasteiger partial charge in [-0.15, -0.1) is 0 Å². The predicted octanol–water partition coefficient (Wildman–Crippen LogP) is 2.31. The zero-order valence-corrected chi connectivity index (χ0v) is 10.8. The van der Waals surface area contributed by atoms with Crippen LogP contribution in [0.25, 0.3) is 0 Å². The number of sulfonamides is 1. The lowest BCUT2D eigenvalue weighted by atomic mass is 10.3. The molecule has 1 heterocycles. The predicted molar refractivity (Wildman–Crippen MR) is 64.5 cm³/mol. The molecule has 0 saturated heterocycles. The summed E-state index contributed by atoms with van der Waals surface area (Å²) in [6, 6.07) is 1.97. The molecule has 0 aliphatic rings. The fourth-order valence-electron chi connectivity index (χ4n) is 1.33. The van der Waals surface area contributed by atoms with Crippen LogP contribution >= 0.6 is 11.3 Å². The van der Waals surface area contributed by atoms with E-state index in [9.17, 15) is 8.42 Å². The highest BCUT2D eigenvalue weighted by atomic mass is 32.2. The molecule has 0 atom stereocenters. The van der Waals surface area contributed by atoms with E-state index in [1.54, 1.807) is 22.6 Å². The van der Waals surface area contributed by atoms with Crippen LogP contribution in [0.1, 0.15) is 25.8 Å². The molecule has 0 N–H and O–H groups in total. The Balaban J connectivity index is 2.75. The molecule has 0 aromatic carbocycles. The Kier molecular flexibility index (Phi) is 4.76. The largest absolute Gasteiger partial charge is 0.214 e. The topological polar surface area (TPSA) is 37.4 Å². The summed E-state index contributed by atoms with van der Waals surface area (Å²) in [6.45, 7) is 4.79. The second-order valence-electron chi connectivity index (χ2n) is 3.37. The molecular formula is C10H17NO2S2. The van der Waals surface area contributed by atoms with E-state index in [2.05, 4.69) is 0 Å². The molecule has 1 aromatic rings. The molecule has 0 amide bonds. The number of rotatable bonds is 6. The van der Waals surface area contributed by atoms with E-state index in [0.717, 1.165) is 12.0 Å². The second kappa shape index (κ2) is 5.63. The van der Waals surface area contributed by atoms with Crippen molar-refractivity contribution in [3.63, 3.8) is 0 Å². The van der Waals surface area contributed by atoms with Gasteiger partial charge in [-0.3, -0.25) is 0 Å². The van der Waals surface area contributed by atoms with Gasteiger partial charge in [-0.2, -0.15) is 15.6 Å². The Labute approximate surface area is 95.8 Å². The third-order valence-corrected chi connectivity index (χ3v) is 4.73. The number of hydrogen-bond acceptors (Lipinski definition) is 3. The van der Waals surface area contributed by atoms with Crippen LogP contribution in [0, 0.1) is 0 Å². The molecule has 0 saturated carbocycles. The number of hydrogen-bond donors (Lipinski definition) is 0. The fourth-order valence-corrected chi connectivity index (χ4v) is 3.17. The van der Waals surface area contributed by atoms with Crippen molar-refractivity contribution in [1.82, 2.24) is 4.31 Å². The summed E-state index contributed by atoms with van der Waals surface area (Å²) in [5.74, 6) is 0.178. The normalized spacial score (nSPS) is 12.2. The monoisotopic (exact) mass is 247 g/mol. The summed E-state index contributed by atoms with van der Waals surface area (Å²) >= 11 is 1.60. The van der Waals surface area contributed by atoms with E-state index in [1.807, 2.05) is 23.8 Å². The van der Waals surface area contributed by atoms with E-state index in [1.165, 1.54) is 0 Å². The molecule has 0 radical (unpaired) electrons. The molecule has 0 aliphatic carbocycles. The minimum Gasteiger partial charge on any atom is -0.212 e. The van der Waals surface area contributed by atoms with Crippen molar-refractivity contribution < 1.29 is 8.42 Å². The Morgan fingerprint density at radius 2 is 2.13 bits per heavy atom. The molecular weight excluding hydrogens is 230 g/mol. The zero-order chi connectivity index (χ0) is 11.3. The Hall–Kier alpha value is -0.390. The Morgan fingerprint density at radius 1 is 1.40 bits per heavy atom. The van der Waals surface area contributed by atoms with Gasteiger partial charge in [0.2, 0.25) is 10.0 Å². The average Bonchev–Trinajstić information content (AvgIpc) is 2.70. The van der Waals surface area contributed by atoms with Gasteiger partial charge in [0.05, 0.1) is 5.75 Å². The van der Waals surface area contributed by atoms with Gasteiger partial charge in [0, 0.05) is 13.1 Å². The minimum absolute atomic E-state index is 0.178. The van der Waals surface area contributed by atoms with Crippen LogP contribution in [-0.2, 0) is 16.6 Å². The molecule has 0 spiro atoms. The van der Waals surface area contributed by atoms with Crippen LogP contribution in [0.15, 0.2) is 16.8 Å². The third kappa shape index (κ3) is 3.59. The van der Waals surface area contributed by atoms with E-state index in [-0.39, 0.29) is 5.75 Å². The standard InChI is InChI=1S/C10H17NO2S2/c1-3-6-11(15(12,13)4-2)8-10-5-7-14-9-10/h5,7,9H,3-4,6,8H2,1-2H3. The highest BCUT2D eigenvalue weighted by molar-refractivity contribution is 7.89. The Bertz CT molecular complexity index is 370. The van der Waals surface area contributed by atoms with Gasteiger partial charge < -0.3 is 0 Å². The summed E-state index contributed by atoms with van der Waals surface area (Å²) in [6.07, 6.45) is 0.851. The summed E-state index contributed by atoms with van der Waals surface area (Å²) in [4.78, 5) is 0. The maximum atomic E-state index is 11.7. The SMILES string of the molecule is CCCN(Cc1ccsc1)S(=O)(=O)CC. The smallest absolute Gasteiger partial charge is 0.212 e. The van der Waals surface area contributed by atoms with Gasteiger partial charge in [0.15, 0.2) is 0 Å². The second-order valence-corrected chi connectivity index (χ2v) is 6.40. The van der Waals surface area contributed by atoms with Crippen LogP contribution < -0.4 is 0 Å². The van der Waals surface area contributed by atoms with E-state index >= 15 is 0 Å². The molecule has 1 aromatic heterocycles. The van der Waals surface area contributed by atoms with Crippen LogP contribution in [0.3, 0.4) is 0 Å². The summed E-state index contributed by atoms with van der Waals surface area (Å²) < 4.78 is 25.1. The van der Waals surface area contributed by atoms with Crippen molar-refractivity contribution in [1.29, 1.82) is 0 Å². The van der Waals surface area contributed by atoms with Crippen LogP contribution in [0.5, 0.6) is 0 Å². The lowest BCUT2D eigenvalue weighted by Gasteiger charge is -2.20. The molecule has 0 unspecified atom stereocenters. The summed E-state index contributed by atoms with van der Waals surface area (Å²) in [5.41, 5.74) is 1.07. The first-order chi connectivity index (χ1) is 7.10. The van der Waals surface area contributed by atoms with Crippen molar-refractivity contribution in [2.75, 3.05) is 12.3 Å². The van der Waals surface area contributed by atoms with Crippen molar-refractivity contribution >= 4 is 21.4 Å². The molecule has 0 bridgehead atoms. The Morgan fingerprint density at radius 3 is 2.60 bits per heavy atom. The van der Waals surface area contributed by atoms with Gasteiger partial charge in [0.25, 0.3) is 0 Å². The van der Waals surface area contributed by atoms with Crippen LogP contribution in [0.2, 0.25) is 0 Å². The molecule has 1 rings (SSSR count). The zero-order valence-electron chi connectivity index (χ0n) is 9.14. The van der Waals surface area contributed by atoms with E-state index in [4.69, 9.17) is 0 Å². The lowest BCUT2D eigenvalue weighted by Crippen LogP contribution is -2.32. The van der Waals surface area contributed by atoms with Crippen molar-refractivity contribution in [2.45, 2.75) is 26.8 Å². The molecule has 86 valence electrons. The summed E-state index contributed by atoms with van der Waals surface area (Å²) in [7, 11) is -3.06. The van der Waals surface area contributed by atoms with Gasteiger partial charge >= 0.3 is 0 Å².